The minimum absolute atomic E-state index is 0.807. The van der Waals surface area contributed by atoms with Gasteiger partial charge in [-0.3, -0.25) is 4.68 Å². The highest BCUT2D eigenvalue weighted by molar-refractivity contribution is 4.91. The van der Waals surface area contributed by atoms with E-state index >= 15 is 0 Å². The minimum Gasteiger partial charge on any atom is -0.311 e. The Morgan fingerprint density at radius 2 is 2.06 bits per heavy atom. The van der Waals surface area contributed by atoms with Crippen LogP contribution in [0.15, 0.2) is 6.20 Å². The van der Waals surface area contributed by atoms with Crippen LogP contribution in [0.1, 0.15) is 26.5 Å². The van der Waals surface area contributed by atoms with E-state index < -0.39 is 0 Å². The van der Waals surface area contributed by atoms with E-state index in [1.165, 1.54) is 0 Å². The molecule has 5 nitrogen and oxygen atoms in total. The molecule has 0 bridgehead atoms. The Morgan fingerprint density at radius 3 is 2.69 bits per heavy atom. The molecule has 0 aliphatic carbocycles. The third-order valence-electron chi connectivity index (χ3n) is 2.68. The maximum Gasteiger partial charge on any atom is 0.0964 e. The van der Waals surface area contributed by atoms with Crippen molar-refractivity contribution < 1.29 is 0 Å². The van der Waals surface area contributed by atoms with Crippen LogP contribution in [0, 0.1) is 0 Å². The van der Waals surface area contributed by atoms with E-state index in [0.29, 0.717) is 0 Å². The lowest BCUT2D eigenvalue weighted by atomic mass is 10.4. The smallest absolute Gasteiger partial charge is 0.0964 e. The maximum absolute atomic E-state index is 4.12. The molecule has 0 radical (unpaired) electrons. The van der Waals surface area contributed by atoms with Crippen molar-refractivity contribution in [2.24, 2.45) is 0 Å². The standard InChI is InChI=1S/C11H23N5/c1-4-12-9-11-10-16(14-13-11)8-7-15(5-2)6-3/h10,12H,4-9H2,1-3H3. The molecular formula is C11H23N5. The Balaban J connectivity index is 2.33. The first-order valence-electron chi connectivity index (χ1n) is 6.12. The Kier molecular flexibility index (Phi) is 6.03. The Morgan fingerprint density at radius 1 is 1.31 bits per heavy atom. The average Bonchev–Trinajstić information content (AvgIpc) is 2.76. The molecule has 0 unspecified atom stereocenters. The monoisotopic (exact) mass is 225 g/mol. The molecular weight excluding hydrogens is 202 g/mol. The second-order valence-electron chi connectivity index (χ2n) is 3.78. The Hall–Kier alpha value is -0.940. The van der Waals surface area contributed by atoms with Crippen LogP contribution in [0.3, 0.4) is 0 Å². The first kappa shape index (κ1) is 13.1. The second kappa shape index (κ2) is 7.35. The Labute approximate surface area is 97.8 Å². The minimum atomic E-state index is 0.807. The number of nitrogens with zero attached hydrogens (tertiary/aromatic N) is 4. The van der Waals surface area contributed by atoms with Crippen LogP contribution >= 0.6 is 0 Å². The van der Waals surface area contributed by atoms with Gasteiger partial charge in [-0.2, -0.15) is 0 Å². The van der Waals surface area contributed by atoms with Crippen LogP contribution in [0.5, 0.6) is 0 Å². The molecule has 0 aliphatic heterocycles. The van der Waals surface area contributed by atoms with Crippen LogP contribution in [0.25, 0.3) is 0 Å². The van der Waals surface area contributed by atoms with Crippen molar-refractivity contribution in [1.82, 2.24) is 25.2 Å². The molecule has 1 N–H and O–H groups in total. The zero-order valence-corrected chi connectivity index (χ0v) is 10.6. The van der Waals surface area contributed by atoms with Gasteiger partial charge in [0.25, 0.3) is 0 Å². The van der Waals surface area contributed by atoms with Crippen molar-refractivity contribution in [2.45, 2.75) is 33.9 Å². The summed E-state index contributed by atoms with van der Waals surface area (Å²) >= 11 is 0. The second-order valence-corrected chi connectivity index (χ2v) is 3.78. The summed E-state index contributed by atoms with van der Waals surface area (Å²) in [5.74, 6) is 0. The summed E-state index contributed by atoms with van der Waals surface area (Å²) in [4.78, 5) is 2.38. The summed E-state index contributed by atoms with van der Waals surface area (Å²) in [6.07, 6.45) is 2.02. The van der Waals surface area contributed by atoms with E-state index in [-0.39, 0.29) is 0 Å². The van der Waals surface area contributed by atoms with Crippen LogP contribution in [-0.2, 0) is 13.1 Å². The molecule has 0 saturated carbocycles. The van der Waals surface area contributed by atoms with Gasteiger partial charge in [0.15, 0.2) is 0 Å². The first-order valence-corrected chi connectivity index (χ1v) is 6.12. The van der Waals surface area contributed by atoms with Gasteiger partial charge < -0.3 is 10.2 Å². The molecule has 0 fully saturated rings. The summed E-state index contributed by atoms with van der Waals surface area (Å²) in [6.45, 7) is 12.4. The molecule has 1 aromatic rings. The fourth-order valence-corrected chi connectivity index (χ4v) is 1.57. The van der Waals surface area contributed by atoms with Gasteiger partial charge in [0.1, 0.15) is 0 Å². The number of likely N-dealkylation sites (N-methyl/N-ethyl adjacent to an activating group) is 1. The van der Waals surface area contributed by atoms with Crippen LogP contribution in [0.4, 0.5) is 0 Å². The molecule has 0 aromatic carbocycles. The highest BCUT2D eigenvalue weighted by Crippen LogP contribution is 1.94. The molecule has 0 aliphatic rings. The Bertz CT molecular complexity index is 280. The fourth-order valence-electron chi connectivity index (χ4n) is 1.57. The highest BCUT2D eigenvalue weighted by atomic mass is 15.4. The van der Waals surface area contributed by atoms with Gasteiger partial charge in [0.05, 0.1) is 12.2 Å². The number of hydrogen-bond acceptors (Lipinski definition) is 4. The number of hydrogen-bond donors (Lipinski definition) is 1. The molecule has 5 heteroatoms. The van der Waals surface area contributed by atoms with Gasteiger partial charge in [0.2, 0.25) is 0 Å². The molecule has 1 rings (SSSR count). The van der Waals surface area contributed by atoms with Crippen molar-refractivity contribution in [3.05, 3.63) is 11.9 Å². The lowest BCUT2D eigenvalue weighted by molar-refractivity contribution is 0.284. The summed E-state index contributed by atoms with van der Waals surface area (Å²) in [6, 6.07) is 0. The number of rotatable bonds is 8. The topological polar surface area (TPSA) is 46.0 Å². The largest absolute Gasteiger partial charge is 0.311 e. The van der Waals surface area contributed by atoms with E-state index in [1.807, 2.05) is 10.9 Å². The predicted octanol–water partition coefficient (Wildman–Crippen LogP) is 0.729. The number of aromatic nitrogens is 3. The van der Waals surface area contributed by atoms with Gasteiger partial charge >= 0.3 is 0 Å². The van der Waals surface area contributed by atoms with Crippen molar-refractivity contribution >= 4 is 0 Å². The molecule has 0 saturated heterocycles. The van der Waals surface area contributed by atoms with Crippen LogP contribution < -0.4 is 5.32 Å². The average molecular weight is 225 g/mol. The molecule has 92 valence electrons. The zero-order chi connectivity index (χ0) is 11.8. The lowest BCUT2D eigenvalue weighted by Gasteiger charge is -2.17. The van der Waals surface area contributed by atoms with Gasteiger partial charge in [0, 0.05) is 19.3 Å². The lowest BCUT2D eigenvalue weighted by Crippen LogP contribution is -2.27. The highest BCUT2D eigenvalue weighted by Gasteiger charge is 2.02. The summed E-state index contributed by atoms with van der Waals surface area (Å²) in [5.41, 5.74) is 1.02. The van der Waals surface area contributed by atoms with Gasteiger partial charge in [-0.05, 0) is 19.6 Å². The van der Waals surface area contributed by atoms with Gasteiger partial charge in [-0.1, -0.05) is 26.0 Å². The third-order valence-corrected chi connectivity index (χ3v) is 2.68. The van der Waals surface area contributed by atoms with E-state index in [2.05, 4.69) is 41.3 Å². The predicted molar refractivity (Wildman–Crippen MR) is 65.2 cm³/mol. The van der Waals surface area contributed by atoms with Crippen molar-refractivity contribution in [3.63, 3.8) is 0 Å². The van der Waals surface area contributed by atoms with Gasteiger partial charge in [-0.15, -0.1) is 5.10 Å². The fraction of sp³-hybridized carbons (Fsp3) is 0.818. The van der Waals surface area contributed by atoms with E-state index in [9.17, 15) is 0 Å². The molecule has 16 heavy (non-hydrogen) atoms. The molecule has 0 atom stereocenters. The molecule has 1 aromatic heterocycles. The van der Waals surface area contributed by atoms with Crippen molar-refractivity contribution in [1.29, 1.82) is 0 Å². The SMILES string of the molecule is CCNCc1cn(CCN(CC)CC)nn1. The molecule has 1 heterocycles. The summed E-state index contributed by atoms with van der Waals surface area (Å²) < 4.78 is 1.92. The van der Waals surface area contributed by atoms with E-state index in [4.69, 9.17) is 0 Å². The normalized spacial score (nSPS) is 11.2. The van der Waals surface area contributed by atoms with Crippen molar-refractivity contribution in [3.8, 4) is 0 Å². The summed E-state index contributed by atoms with van der Waals surface area (Å²) in [7, 11) is 0. The van der Waals surface area contributed by atoms with Gasteiger partial charge in [-0.25, -0.2) is 0 Å². The van der Waals surface area contributed by atoms with Crippen LogP contribution in [-0.4, -0.2) is 46.1 Å². The maximum atomic E-state index is 4.12. The summed E-state index contributed by atoms with van der Waals surface area (Å²) in [5, 5.41) is 11.5. The number of nitrogens with one attached hydrogen (secondary N) is 1. The first-order chi connectivity index (χ1) is 7.80. The van der Waals surface area contributed by atoms with E-state index in [0.717, 1.165) is 45.0 Å². The molecule has 0 spiro atoms. The quantitative estimate of drug-likeness (QED) is 0.708. The van der Waals surface area contributed by atoms with Crippen molar-refractivity contribution in [2.75, 3.05) is 26.2 Å². The van der Waals surface area contributed by atoms with Crippen LogP contribution in [0.2, 0.25) is 0 Å². The zero-order valence-electron chi connectivity index (χ0n) is 10.6. The third kappa shape index (κ3) is 4.28. The van der Waals surface area contributed by atoms with E-state index in [1.54, 1.807) is 0 Å². The molecule has 0 amide bonds.